The van der Waals surface area contributed by atoms with E-state index in [1.807, 2.05) is 0 Å². The zero-order valence-corrected chi connectivity index (χ0v) is 17.0. The number of amides is 2. The average Bonchev–Trinajstić information content (AvgIpc) is 3.27. The van der Waals surface area contributed by atoms with Crippen molar-refractivity contribution in [2.24, 2.45) is 0 Å². The van der Waals surface area contributed by atoms with Gasteiger partial charge in [0.05, 0.1) is 5.52 Å². The first-order valence-corrected chi connectivity index (χ1v) is 9.83. The third-order valence-electron chi connectivity index (χ3n) is 5.31. The third-order valence-corrected chi connectivity index (χ3v) is 5.52. The van der Waals surface area contributed by atoms with Crippen LogP contribution in [0.3, 0.4) is 0 Å². The minimum Gasteiger partial charge on any atom is -0.372 e. The summed E-state index contributed by atoms with van der Waals surface area (Å²) in [5.74, 6) is -2.46. The number of hydrogen-bond donors (Lipinski definition) is 2. The maximum absolute atomic E-state index is 13.4. The van der Waals surface area contributed by atoms with Crippen molar-refractivity contribution in [3.05, 3.63) is 65.1 Å². The minimum atomic E-state index is -4.59. The van der Waals surface area contributed by atoms with Crippen molar-refractivity contribution in [3.8, 4) is 0 Å². The molecule has 2 heterocycles. The average molecular weight is 470 g/mol. The lowest BCUT2D eigenvalue weighted by Gasteiger charge is -2.22. The molecule has 0 radical (unpaired) electrons. The Kier molecular flexibility index (Phi) is 5.38. The first-order chi connectivity index (χ1) is 15.0. The molecule has 1 aliphatic heterocycles. The van der Waals surface area contributed by atoms with Gasteiger partial charge in [-0.1, -0.05) is 11.6 Å². The number of nitrogens with one attached hydrogen (secondary N) is 1. The number of benzene rings is 2. The fourth-order valence-electron chi connectivity index (χ4n) is 3.72. The second-order valence-corrected chi connectivity index (χ2v) is 7.86. The van der Waals surface area contributed by atoms with Crippen LogP contribution >= 0.6 is 11.6 Å². The lowest BCUT2D eigenvalue weighted by molar-refractivity contribution is -0.200. The number of aliphatic hydroxyl groups is 1. The Hall–Kier alpha value is -3.11. The van der Waals surface area contributed by atoms with Crippen LogP contribution in [0.15, 0.2) is 48.7 Å². The first kappa shape index (κ1) is 22.1. The number of carbonyl (C=O) groups excluding carboxylic acids is 2. The molecule has 1 aliphatic rings. The van der Waals surface area contributed by atoms with Gasteiger partial charge in [0.15, 0.2) is 0 Å². The summed E-state index contributed by atoms with van der Waals surface area (Å²) in [7, 11) is 0. The van der Waals surface area contributed by atoms with Crippen molar-refractivity contribution in [1.82, 2.24) is 9.88 Å². The summed E-state index contributed by atoms with van der Waals surface area (Å²) in [6, 6.07) is 8.86. The Balaban J connectivity index is 1.51. The van der Waals surface area contributed by atoms with Gasteiger partial charge in [0.25, 0.3) is 11.8 Å². The Bertz CT molecular complexity index is 1210. The van der Waals surface area contributed by atoms with Gasteiger partial charge >= 0.3 is 6.30 Å². The quantitative estimate of drug-likeness (QED) is 0.452. The largest absolute Gasteiger partial charge is 0.488 e. The lowest BCUT2D eigenvalue weighted by atomic mass is 10.0. The molecule has 0 aliphatic carbocycles. The van der Waals surface area contributed by atoms with Crippen LogP contribution in [0.5, 0.6) is 0 Å². The molecule has 4 rings (SSSR count). The lowest BCUT2D eigenvalue weighted by Crippen LogP contribution is -2.52. The number of nitrogens with zero attached hydrogens (tertiary/aromatic N) is 2. The molecule has 6 nitrogen and oxygen atoms in total. The summed E-state index contributed by atoms with van der Waals surface area (Å²) in [5, 5.41) is 13.5. The fraction of sp³-hybridized carbons (Fsp3) is 0.238. The van der Waals surface area contributed by atoms with Gasteiger partial charge < -0.3 is 15.3 Å². The second-order valence-electron chi connectivity index (χ2n) is 7.42. The number of aromatic nitrogens is 1. The number of rotatable bonds is 4. The summed E-state index contributed by atoms with van der Waals surface area (Å²) in [5.41, 5.74) is -1.85. The van der Waals surface area contributed by atoms with Gasteiger partial charge in [-0.2, -0.15) is 0 Å². The van der Waals surface area contributed by atoms with Gasteiger partial charge in [-0.15, -0.1) is 13.2 Å². The monoisotopic (exact) mass is 469 g/mol. The van der Waals surface area contributed by atoms with Crippen molar-refractivity contribution >= 4 is 40.0 Å². The van der Waals surface area contributed by atoms with E-state index in [9.17, 15) is 32.3 Å². The highest BCUT2D eigenvalue weighted by atomic mass is 35.5. The van der Waals surface area contributed by atoms with Crippen LogP contribution in [-0.2, 0) is 22.4 Å². The highest BCUT2D eigenvalue weighted by Gasteiger charge is 2.51. The van der Waals surface area contributed by atoms with E-state index >= 15 is 0 Å². The minimum absolute atomic E-state index is 0.0139. The first-order valence-electron chi connectivity index (χ1n) is 9.45. The van der Waals surface area contributed by atoms with Gasteiger partial charge in [-0.05, 0) is 48.0 Å². The van der Waals surface area contributed by atoms with Gasteiger partial charge in [-0.25, -0.2) is 4.39 Å². The predicted molar refractivity (Wildman–Crippen MR) is 108 cm³/mol. The van der Waals surface area contributed by atoms with Crippen LogP contribution in [0.4, 0.5) is 23.2 Å². The number of fused-ring (bicyclic) bond motifs is 1. The standard InChI is InChI=1S/C21H16ClF4N3O3/c22-14-7-12(8-15(23)10-14)11-27-18(30)20(32)4-6-28(19(20)31)16-1-2-17-13(9-16)3-5-29(17)21(24,25)26/h1-3,5,7-10,32H,4,6,11H2,(H,27,30)/t20-/m0/s1. The summed E-state index contributed by atoms with van der Waals surface area (Å²) >= 11 is 5.77. The van der Waals surface area contributed by atoms with Gasteiger partial charge in [0, 0.05) is 41.8 Å². The zero-order chi connectivity index (χ0) is 23.3. The molecule has 0 unspecified atom stereocenters. The molecule has 32 heavy (non-hydrogen) atoms. The van der Waals surface area contributed by atoms with Crippen LogP contribution < -0.4 is 10.2 Å². The number of carbonyl (C=O) groups is 2. The molecule has 0 saturated carbocycles. The molecular formula is C21H16ClF4N3O3. The Morgan fingerprint density at radius 1 is 1.19 bits per heavy atom. The predicted octanol–water partition coefficient (Wildman–Crippen LogP) is 3.69. The van der Waals surface area contributed by atoms with Gasteiger partial charge in [0.2, 0.25) is 5.60 Å². The molecule has 2 aromatic carbocycles. The van der Waals surface area contributed by atoms with E-state index in [0.717, 1.165) is 23.2 Å². The van der Waals surface area contributed by atoms with E-state index in [4.69, 9.17) is 11.6 Å². The van der Waals surface area contributed by atoms with Crippen molar-refractivity contribution in [2.75, 3.05) is 11.4 Å². The third kappa shape index (κ3) is 3.91. The summed E-state index contributed by atoms with van der Waals surface area (Å²) in [6.45, 7) is -0.178. The topological polar surface area (TPSA) is 74.6 Å². The van der Waals surface area contributed by atoms with Crippen molar-refractivity contribution in [2.45, 2.75) is 24.9 Å². The molecule has 11 heteroatoms. The SMILES string of the molecule is O=C(NCc1cc(F)cc(Cl)c1)[C@@]1(O)CCN(c2ccc3c(ccn3C(F)(F)F)c2)C1=O. The van der Waals surface area contributed by atoms with E-state index in [1.165, 1.54) is 30.3 Å². The molecule has 2 N–H and O–H groups in total. The smallest absolute Gasteiger partial charge is 0.372 e. The van der Waals surface area contributed by atoms with E-state index in [0.29, 0.717) is 5.56 Å². The molecule has 1 fully saturated rings. The van der Waals surface area contributed by atoms with E-state index in [2.05, 4.69) is 5.32 Å². The van der Waals surface area contributed by atoms with Gasteiger partial charge in [-0.3, -0.25) is 14.2 Å². The van der Waals surface area contributed by atoms with E-state index in [-0.39, 0.29) is 45.7 Å². The normalized spacial score (nSPS) is 19.1. The van der Waals surface area contributed by atoms with Crippen LogP contribution in [0.1, 0.15) is 12.0 Å². The van der Waals surface area contributed by atoms with E-state index < -0.39 is 29.5 Å². The number of alkyl halides is 3. The molecule has 168 valence electrons. The molecule has 0 bridgehead atoms. The Morgan fingerprint density at radius 3 is 2.62 bits per heavy atom. The second kappa shape index (κ2) is 7.79. The Morgan fingerprint density at radius 2 is 1.94 bits per heavy atom. The highest BCUT2D eigenvalue weighted by molar-refractivity contribution is 6.30. The maximum atomic E-state index is 13.4. The van der Waals surface area contributed by atoms with Crippen molar-refractivity contribution in [3.63, 3.8) is 0 Å². The molecule has 1 aromatic heterocycles. The van der Waals surface area contributed by atoms with Crippen LogP contribution in [0, 0.1) is 5.82 Å². The summed E-state index contributed by atoms with van der Waals surface area (Å²) < 4.78 is 52.7. The molecule has 1 saturated heterocycles. The molecule has 0 spiro atoms. The number of hydrogen-bond acceptors (Lipinski definition) is 3. The zero-order valence-electron chi connectivity index (χ0n) is 16.3. The molecular weight excluding hydrogens is 454 g/mol. The Labute approximate surface area is 184 Å². The molecule has 2 amide bonds. The van der Waals surface area contributed by atoms with Crippen molar-refractivity contribution < 1.29 is 32.3 Å². The van der Waals surface area contributed by atoms with E-state index in [1.54, 1.807) is 0 Å². The number of halogens is 5. The summed E-state index contributed by atoms with van der Waals surface area (Å²) in [6.07, 6.45) is -3.93. The van der Waals surface area contributed by atoms with Crippen LogP contribution in [0.25, 0.3) is 10.9 Å². The number of anilines is 1. The highest BCUT2D eigenvalue weighted by Crippen LogP contribution is 2.34. The van der Waals surface area contributed by atoms with Crippen LogP contribution in [-0.4, -0.2) is 33.6 Å². The van der Waals surface area contributed by atoms with Gasteiger partial charge in [0.1, 0.15) is 5.82 Å². The molecule has 1 atom stereocenters. The van der Waals surface area contributed by atoms with Crippen molar-refractivity contribution in [1.29, 1.82) is 0 Å². The summed E-state index contributed by atoms with van der Waals surface area (Å²) in [4.78, 5) is 26.5. The maximum Gasteiger partial charge on any atom is 0.488 e. The molecule has 3 aromatic rings. The van der Waals surface area contributed by atoms with Crippen LogP contribution in [0.2, 0.25) is 5.02 Å². The fourth-order valence-corrected chi connectivity index (χ4v) is 3.97.